The van der Waals surface area contributed by atoms with Crippen molar-refractivity contribution < 1.29 is 19.2 Å². The highest BCUT2D eigenvalue weighted by Crippen LogP contribution is 2.36. The minimum absolute atomic E-state index is 0.0613. The van der Waals surface area contributed by atoms with Crippen LogP contribution in [0, 0.1) is 10.1 Å². The number of benzene rings is 2. The van der Waals surface area contributed by atoms with Gasteiger partial charge in [0.1, 0.15) is 0 Å². The molecular weight excluding hydrogens is 360 g/mol. The van der Waals surface area contributed by atoms with E-state index in [2.05, 4.69) is 0 Å². The first-order valence-electron chi connectivity index (χ1n) is 9.20. The number of ether oxygens (including phenoxy) is 2. The zero-order valence-corrected chi connectivity index (χ0v) is 16.0. The van der Waals surface area contributed by atoms with Crippen LogP contribution in [-0.4, -0.2) is 49.1 Å². The normalized spacial score (nSPS) is 19.4. The Bertz CT molecular complexity index is 840. The zero-order valence-electron chi connectivity index (χ0n) is 16.0. The molecule has 148 valence electrons. The number of methoxy groups -OCH3 is 2. The van der Waals surface area contributed by atoms with Gasteiger partial charge in [0.25, 0.3) is 0 Å². The van der Waals surface area contributed by atoms with Gasteiger partial charge in [-0.3, -0.25) is 14.9 Å². The molecular formula is C21H24N2O5. The van der Waals surface area contributed by atoms with Crippen molar-refractivity contribution in [3.8, 4) is 11.5 Å². The van der Waals surface area contributed by atoms with Crippen molar-refractivity contribution >= 4 is 5.91 Å². The predicted molar refractivity (Wildman–Crippen MR) is 104 cm³/mol. The second-order valence-electron chi connectivity index (χ2n) is 6.85. The molecule has 2 aromatic carbocycles. The van der Waals surface area contributed by atoms with E-state index in [4.69, 9.17) is 9.47 Å². The molecule has 1 fully saturated rings. The number of carbonyl (C=O) groups excluding carboxylic acids is 1. The summed E-state index contributed by atoms with van der Waals surface area (Å²) in [6, 6.07) is 14.2. The highest BCUT2D eigenvalue weighted by atomic mass is 16.6. The third-order valence-corrected chi connectivity index (χ3v) is 5.24. The van der Waals surface area contributed by atoms with E-state index in [0.717, 1.165) is 11.1 Å². The Morgan fingerprint density at radius 1 is 1.11 bits per heavy atom. The van der Waals surface area contributed by atoms with Crippen molar-refractivity contribution in [1.29, 1.82) is 0 Å². The van der Waals surface area contributed by atoms with Gasteiger partial charge in [-0.05, 0) is 29.7 Å². The quantitative estimate of drug-likeness (QED) is 0.542. The maximum Gasteiger partial charge on any atom is 0.237 e. The Labute approximate surface area is 164 Å². The maximum atomic E-state index is 12.7. The maximum absolute atomic E-state index is 12.7. The van der Waals surface area contributed by atoms with Crippen molar-refractivity contribution in [3.63, 3.8) is 0 Å². The number of amides is 1. The average Bonchev–Trinajstić information content (AvgIpc) is 2.72. The minimum atomic E-state index is -0.855. The van der Waals surface area contributed by atoms with Crippen LogP contribution in [0.5, 0.6) is 11.5 Å². The highest BCUT2D eigenvalue weighted by Gasteiger charge is 2.42. The molecule has 2 atom stereocenters. The first-order valence-corrected chi connectivity index (χ1v) is 9.20. The molecule has 1 heterocycles. The van der Waals surface area contributed by atoms with Crippen LogP contribution < -0.4 is 9.47 Å². The van der Waals surface area contributed by atoms with Crippen molar-refractivity contribution in [1.82, 2.24) is 4.90 Å². The first-order chi connectivity index (χ1) is 13.5. The summed E-state index contributed by atoms with van der Waals surface area (Å²) in [6.07, 6.45) is 0.786. The summed E-state index contributed by atoms with van der Waals surface area (Å²) in [6.45, 7) is 0.587. The number of hydrogen-bond acceptors (Lipinski definition) is 5. The van der Waals surface area contributed by atoms with Crippen LogP contribution in [0.15, 0.2) is 48.5 Å². The molecule has 1 saturated heterocycles. The molecule has 0 radical (unpaired) electrons. The first kappa shape index (κ1) is 19.7. The summed E-state index contributed by atoms with van der Waals surface area (Å²) in [5, 5.41) is 11.8. The molecule has 3 rings (SSSR count). The summed E-state index contributed by atoms with van der Waals surface area (Å²) in [5.41, 5.74) is 1.82. The Morgan fingerprint density at radius 2 is 1.82 bits per heavy atom. The van der Waals surface area contributed by atoms with E-state index >= 15 is 0 Å². The number of piperidine rings is 1. The van der Waals surface area contributed by atoms with Gasteiger partial charge in [0.15, 0.2) is 11.5 Å². The van der Waals surface area contributed by atoms with Crippen LogP contribution in [0.2, 0.25) is 0 Å². The third-order valence-electron chi connectivity index (χ3n) is 5.24. The SMILES string of the molecule is COc1ccc(C2CC(=O)N(CCc3ccccc3)CC2[N+](=O)[O-])cc1OC. The van der Waals surface area contributed by atoms with Crippen LogP contribution >= 0.6 is 0 Å². The molecule has 1 amide bonds. The van der Waals surface area contributed by atoms with Crippen LogP contribution in [0.1, 0.15) is 23.5 Å². The second-order valence-corrected chi connectivity index (χ2v) is 6.85. The number of nitro groups is 1. The fourth-order valence-electron chi connectivity index (χ4n) is 3.67. The summed E-state index contributed by atoms with van der Waals surface area (Å²) < 4.78 is 10.5. The molecule has 0 N–H and O–H groups in total. The van der Waals surface area contributed by atoms with Crippen molar-refractivity contribution in [2.24, 2.45) is 0 Å². The van der Waals surface area contributed by atoms with Crippen molar-refractivity contribution in [2.75, 3.05) is 27.3 Å². The molecule has 1 aliphatic rings. The fourth-order valence-corrected chi connectivity index (χ4v) is 3.67. The Balaban J connectivity index is 1.77. The lowest BCUT2D eigenvalue weighted by atomic mass is 9.85. The molecule has 0 spiro atoms. The smallest absolute Gasteiger partial charge is 0.237 e. The largest absolute Gasteiger partial charge is 0.493 e. The Hall–Kier alpha value is -3.09. The van der Waals surface area contributed by atoms with E-state index in [9.17, 15) is 14.9 Å². The molecule has 2 unspecified atom stereocenters. The predicted octanol–water partition coefficient (Wildman–Crippen LogP) is 2.91. The monoisotopic (exact) mass is 384 g/mol. The van der Waals surface area contributed by atoms with Gasteiger partial charge in [0.05, 0.1) is 26.7 Å². The van der Waals surface area contributed by atoms with E-state index in [1.54, 1.807) is 23.1 Å². The van der Waals surface area contributed by atoms with Crippen LogP contribution in [0.4, 0.5) is 0 Å². The molecule has 2 aromatic rings. The molecule has 0 saturated carbocycles. The van der Waals surface area contributed by atoms with Gasteiger partial charge in [0.2, 0.25) is 11.9 Å². The molecule has 1 aliphatic heterocycles. The lowest BCUT2D eigenvalue weighted by molar-refractivity contribution is -0.528. The van der Waals surface area contributed by atoms with E-state index < -0.39 is 12.0 Å². The van der Waals surface area contributed by atoms with E-state index in [0.29, 0.717) is 24.5 Å². The molecule has 0 aliphatic carbocycles. The molecule has 7 heteroatoms. The summed E-state index contributed by atoms with van der Waals surface area (Å²) in [5.74, 6) is 0.501. The lowest BCUT2D eigenvalue weighted by Crippen LogP contribution is -2.50. The number of likely N-dealkylation sites (tertiary alicyclic amines) is 1. The van der Waals surface area contributed by atoms with Gasteiger partial charge in [-0.15, -0.1) is 0 Å². The Kier molecular flexibility index (Phi) is 6.13. The number of rotatable bonds is 7. The molecule has 0 aromatic heterocycles. The average molecular weight is 384 g/mol. The van der Waals surface area contributed by atoms with Gasteiger partial charge in [0, 0.05) is 17.9 Å². The minimum Gasteiger partial charge on any atom is -0.493 e. The van der Waals surface area contributed by atoms with Crippen LogP contribution in [0.3, 0.4) is 0 Å². The molecule has 28 heavy (non-hydrogen) atoms. The standard InChI is InChI=1S/C21H24N2O5/c1-27-19-9-8-16(12-20(19)28-2)17-13-21(24)22(14-18(17)23(25)26)11-10-15-6-4-3-5-7-15/h3-9,12,17-18H,10-11,13-14H2,1-2H3. The topological polar surface area (TPSA) is 81.9 Å². The zero-order chi connectivity index (χ0) is 20.1. The summed E-state index contributed by atoms with van der Waals surface area (Å²) >= 11 is 0. The van der Waals surface area contributed by atoms with E-state index in [-0.39, 0.29) is 23.8 Å². The van der Waals surface area contributed by atoms with Gasteiger partial charge in [-0.25, -0.2) is 0 Å². The summed E-state index contributed by atoms with van der Waals surface area (Å²) in [7, 11) is 3.05. The van der Waals surface area contributed by atoms with Gasteiger partial charge in [-0.2, -0.15) is 0 Å². The van der Waals surface area contributed by atoms with Crippen LogP contribution in [0.25, 0.3) is 0 Å². The van der Waals surface area contributed by atoms with Gasteiger partial charge >= 0.3 is 0 Å². The van der Waals surface area contributed by atoms with Gasteiger partial charge in [-0.1, -0.05) is 36.4 Å². The number of nitrogens with zero attached hydrogens (tertiary/aromatic N) is 2. The van der Waals surface area contributed by atoms with Gasteiger partial charge < -0.3 is 14.4 Å². The molecule has 0 bridgehead atoms. The summed E-state index contributed by atoms with van der Waals surface area (Å²) in [4.78, 5) is 25.8. The lowest BCUT2D eigenvalue weighted by Gasteiger charge is -2.34. The fraction of sp³-hybridized carbons (Fsp3) is 0.381. The van der Waals surface area contributed by atoms with E-state index in [1.807, 2.05) is 30.3 Å². The third kappa shape index (κ3) is 4.24. The van der Waals surface area contributed by atoms with Crippen molar-refractivity contribution in [2.45, 2.75) is 24.8 Å². The van der Waals surface area contributed by atoms with Crippen molar-refractivity contribution in [3.05, 3.63) is 69.8 Å². The number of hydrogen-bond donors (Lipinski definition) is 0. The Morgan fingerprint density at radius 3 is 2.46 bits per heavy atom. The number of carbonyl (C=O) groups is 1. The van der Waals surface area contributed by atoms with E-state index in [1.165, 1.54) is 14.2 Å². The second kappa shape index (κ2) is 8.73. The highest BCUT2D eigenvalue weighted by molar-refractivity contribution is 5.78. The van der Waals surface area contributed by atoms with Crippen LogP contribution in [-0.2, 0) is 11.2 Å². The molecule has 7 nitrogen and oxygen atoms in total.